The van der Waals surface area contributed by atoms with Crippen molar-refractivity contribution < 1.29 is 14.6 Å². The molecule has 0 aliphatic carbocycles. The second-order valence-electron chi connectivity index (χ2n) is 5.68. The lowest BCUT2D eigenvalue weighted by Gasteiger charge is -2.26. The number of carbonyl (C=O) groups is 1. The Morgan fingerprint density at radius 2 is 1.80 bits per heavy atom. The molecule has 112 valence electrons. The summed E-state index contributed by atoms with van der Waals surface area (Å²) in [6.45, 7) is 8.27. The Morgan fingerprint density at radius 1 is 1.20 bits per heavy atom. The number of hydrogen-bond acceptors (Lipinski definition) is 3. The second-order valence-corrected chi connectivity index (χ2v) is 5.68. The van der Waals surface area contributed by atoms with Crippen molar-refractivity contribution >= 4 is 5.97 Å². The summed E-state index contributed by atoms with van der Waals surface area (Å²) in [7, 11) is 1.65. The van der Waals surface area contributed by atoms with E-state index in [-0.39, 0.29) is 5.92 Å². The molecular formula is C16H25NO3. The van der Waals surface area contributed by atoms with Crippen LogP contribution in [0.15, 0.2) is 24.3 Å². The minimum atomic E-state index is -0.742. The zero-order valence-electron chi connectivity index (χ0n) is 12.8. The first-order chi connectivity index (χ1) is 9.42. The molecular weight excluding hydrogens is 254 g/mol. The molecule has 4 nitrogen and oxygen atoms in total. The summed E-state index contributed by atoms with van der Waals surface area (Å²) in [5.74, 6) is 0.248. The van der Waals surface area contributed by atoms with Crippen molar-refractivity contribution in [2.75, 3.05) is 20.2 Å². The molecule has 0 aliphatic rings. The van der Waals surface area contributed by atoms with Gasteiger partial charge in [0.25, 0.3) is 0 Å². The zero-order chi connectivity index (χ0) is 15.1. The summed E-state index contributed by atoms with van der Waals surface area (Å²) in [6, 6.07) is 7.92. The molecule has 1 aromatic rings. The maximum absolute atomic E-state index is 11.0. The van der Waals surface area contributed by atoms with Crippen molar-refractivity contribution in [2.45, 2.75) is 27.3 Å². The highest BCUT2D eigenvalue weighted by atomic mass is 16.5. The van der Waals surface area contributed by atoms with E-state index in [1.165, 1.54) is 5.56 Å². The maximum atomic E-state index is 11.0. The van der Waals surface area contributed by atoms with E-state index in [0.717, 1.165) is 18.8 Å². The molecule has 0 amide bonds. The molecule has 0 spiro atoms. The van der Waals surface area contributed by atoms with Crippen molar-refractivity contribution in [1.82, 2.24) is 4.90 Å². The van der Waals surface area contributed by atoms with Crippen LogP contribution in [0.25, 0.3) is 0 Å². The maximum Gasteiger partial charge on any atom is 0.307 e. The summed E-state index contributed by atoms with van der Waals surface area (Å²) in [5, 5.41) is 9.06. The predicted molar refractivity (Wildman–Crippen MR) is 79.9 cm³/mol. The normalized spacial score (nSPS) is 12.7. The predicted octanol–water partition coefficient (Wildman–Crippen LogP) is 2.87. The average molecular weight is 279 g/mol. The largest absolute Gasteiger partial charge is 0.497 e. The van der Waals surface area contributed by atoms with Crippen LogP contribution < -0.4 is 4.74 Å². The van der Waals surface area contributed by atoms with Crippen molar-refractivity contribution in [1.29, 1.82) is 0 Å². The molecule has 0 radical (unpaired) electrons. The average Bonchev–Trinajstić information content (AvgIpc) is 2.38. The first-order valence-corrected chi connectivity index (χ1v) is 7.00. The highest BCUT2D eigenvalue weighted by molar-refractivity contribution is 5.69. The molecule has 0 heterocycles. The number of methoxy groups -OCH3 is 1. The van der Waals surface area contributed by atoms with Crippen LogP contribution in [0.3, 0.4) is 0 Å². The van der Waals surface area contributed by atoms with Gasteiger partial charge in [0.1, 0.15) is 5.75 Å². The number of carboxylic acid groups (broad SMARTS) is 1. The molecule has 1 rings (SSSR count). The van der Waals surface area contributed by atoms with Crippen molar-refractivity contribution in [3.8, 4) is 5.75 Å². The quantitative estimate of drug-likeness (QED) is 0.795. The number of hydrogen-bond donors (Lipinski definition) is 1. The van der Waals surface area contributed by atoms with Crippen LogP contribution in [0.2, 0.25) is 0 Å². The van der Waals surface area contributed by atoms with Crippen molar-refractivity contribution in [3.63, 3.8) is 0 Å². The van der Waals surface area contributed by atoms with Gasteiger partial charge in [0, 0.05) is 19.6 Å². The van der Waals surface area contributed by atoms with Crippen molar-refractivity contribution in [2.24, 2.45) is 11.8 Å². The van der Waals surface area contributed by atoms with Gasteiger partial charge in [0.2, 0.25) is 0 Å². The van der Waals surface area contributed by atoms with E-state index in [4.69, 9.17) is 9.84 Å². The van der Waals surface area contributed by atoms with E-state index < -0.39 is 5.97 Å². The van der Waals surface area contributed by atoms with Crippen molar-refractivity contribution in [3.05, 3.63) is 29.8 Å². The number of nitrogens with zero attached hydrogens (tertiary/aromatic N) is 1. The molecule has 20 heavy (non-hydrogen) atoms. The third-order valence-electron chi connectivity index (χ3n) is 3.14. The van der Waals surface area contributed by atoms with Gasteiger partial charge >= 0.3 is 5.97 Å². The Bertz CT molecular complexity index is 414. The fourth-order valence-electron chi connectivity index (χ4n) is 2.17. The standard InChI is InChI=1S/C16H25NO3/c1-12(2)9-17(10-13(3)16(18)19)11-14-5-7-15(20-4)8-6-14/h5-8,12-13H,9-11H2,1-4H3,(H,18,19). The Balaban J connectivity index is 2.69. The third kappa shape index (κ3) is 5.61. The summed E-state index contributed by atoms with van der Waals surface area (Å²) in [6.07, 6.45) is 0. The summed E-state index contributed by atoms with van der Waals surface area (Å²) in [5.41, 5.74) is 1.17. The zero-order valence-corrected chi connectivity index (χ0v) is 12.8. The molecule has 0 bridgehead atoms. The van der Waals surface area contributed by atoms with E-state index in [0.29, 0.717) is 12.5 Å². The summed E-state index contributed by atoms with van der Waals surface area (Å²) >= 11 is 0. The highest BCUT2D eigenvalue weighted by Gasteiger charge is 2.17. The topological polar surface area (TPSA) is 49.8 Å². The number of aliphatic carboxylic acids is 1. The minimum Gasteiger partial charge on any atom is -0.497 e. The summed E-state index contributed by atoms with van der Waals surface area (Å²) < 4.78 is 5.14. The van der Waals surface area contributed by atoms with Gasteiger partial charge in [0.15, 0.2) is 0 Å². The monoisotopic (exact) mass is 279 g/mol. The fraction of sp³-hybridized carbons (Fsp3) is 0.562. The Hall–Kier alpha value is -1.55. The van der Waals surface area contributed by atoms with Gasteiger partial charge in [-0.05, 0) is 23.6 Å². The lowest BCUT2D eigenvalue weighted by atomic mass is 10.1. The van der Waals surface area contributed by atoms with Crippen LogP contribution in [-0.4, -0.2) is 36.2 Å². The van der Waals surface area contributed by atoms with Gasteiger partial charge < -0.3 is 9.84 Å². The molecule has 1 unspecified atom stereocenters. The van der Waals surface area contributed by atoms with Crippen LogP contribution in [0.5, 0.6) is 5.75 Å². The van der Waals surface area contributed by atoms with E-state index in [9.17, 15) is 4.79 Å². The van der Waals surface area contributed by atoms with Crippen LogP contribution in [-0.2, 0) is 11.3 Å². The van der Waals surface area contributed by atoms with Crippen LogP contribution >= 0.6 is 0 Å². The molecule has 0 saturated carbocycles. The first-order valence-electron chi connectivity index (χ1n) is 7.00. The van der Waals surface area contributed by atoms with Gasteiger partial charge in [-0.15, -0.1) is 0 Å². The Kier molecular flexibility index (Phi) is 6.52. The molecule has 0 saturated heterocycles. The number of benzene rings is 1. The van der Waals surface area contributed by atoms with E-state index in [1.807, 2.05) is 24.3 Å². The highest BCUT2D eigenvalue weighted by Crippen LogP contribution is 2.15. The molecule has 4 heteroatoms. The van der Waals surface area contributed by atoms with Gasteiger partial charge in [-0.25, -0.2) is 0 Å². The van der Waals surface area contributed by atoms with E-state index >= 15 is 0 Å². The van der Waals surface area contributed by atoms with Crippen LogP contribution in [0, 0.1) is 11.8 Å². The second kappa shape index (κ2) is 7.90. The Labute approximate surface area is 121 Å². The fourth-order valence-corrected chi connectivity index (χ4v) is 2.17. The smallest absolute Gasteiger partial charge is 0.307 e. The number of carboxylic acids is 1. The Morgan fingerprint density at radius 3 is 2.25 bits per heavy atom. The number of rotatable bonds is 8. The lowest BCUT2D eigenvalue weighted by Crippen LogP contribution is -2.34. The molecule has 0 aliphatic heterocycles. The SMILES string of the molecule is COc1ccc(CN(CC(C)C)CC(C)C(=O)O)cc1. The van der Waals surface area contributed by atoms with Gasteiger partial charge in [0.05, 0.1) is 13.0 Å². The van der Waals surface area contributed by atoms with Gasteiger partial charge in [-0.1, -0.05) is 32.9 Å². The molecule has 1 atom stereocenters. The first kappa shape index (κ1) is 16.5. The van der Waals surface area contributed by atoms with E-state index in [1.54, 1.807) is 14.0 Å². The van der Waals surface area contributed by atoms with Gasteiger partial charge in [-0.3, -0.25) is 9.69 Å². The minimum absolute atomic E-state index is 0.355. The van der Waals surface area contributed by atoms with Gasteiger partial charge in [-0.2, -0.15) is 0 Å². The van der Waals surface area contributed by atoms with Crippen LogP contribution in [0.1, 0.15) is 26.3 Å². The van der Waals surface area contributed by atoms with Crippen LogP contribution in [0.4, 0.5) is 0 Å². The molecule has 0 aromatic heterocycles. The van der Waals surface area contributed by atoms with E-state index in [2.05, 4.69) is 18.7 Å². The molecule has 1 N–H and O–H groups in total. The lowest BCUT2D eigenvalue weighted by molar-refractivity contribution is -0.141. The molecule has 1 aromatic carbocycles. The third-order valence-corrected chi connectivity index (χ3v) is 3.14. The number of ether oxygens (including phenoxy) is 1. The molecule has 0 fully saturated rings. The summed E-state index contributed by atoms with van der Waals surface area (Å²) in [4.78, 5) is 13.2.